The van der Waals surface area contributed by atoms with Crippen molar-refractivity contribution in [3.8, 4) is 22.5 Å². The summed E-state index contributed by atoms with van der Waals surface area (Å²) in [5.74, 6) is -0.239. The quantitative estimate of drug-likeness (QED) is 0.459. The molecule has 1 aliphatic rings. The van der Waals surface area contributed by atoms with E-state index in [1.165, 1.54) is 19.1 Å². The zero-order chi connectivity index (χ0) is 22.1. The Kier molecular flexibility index (Phi) is 5.23. The Hall–Kier alpha value is -3.51. The van der Waals surface area contributed by atoms with Crippen molar-refractivity contribution < 1.29 is 9.53 Å². The highest BCUT2D eigenvalue weighted by Gasteiger charge is 2.34. The van der Waals surface area contributed by atoms with Crippen LogP contribution < -0.4 is 5.73 Å². The first-order chi connectivity index (χ1) is 15.6. The molecule has 0 bridgehead atoms. The zero-order valence-corrected chi connectivity index (χ0v) is 18.1. The standard InChI is InChI=1S/C26H26N4O2/c1-32-22(31)13-10-20-14-17-28-30-24(19-6-3-2-4-7-19)23(29-25(20)30)18-8-11-21(12-9-18)26(27)15-5-16-26/h2-4,6-9,11-12,14,17H,5,10,13,15-16,27H2,1H3. The van der Waals surface area contributed by atoms with Gasteiger partial charge in [-0.3, -0.25) is 4.79 Å². The van der Waals surface area contributed by atoms with Crippen LogP contribution >= 0.6 is 0 Å². The lowest BCUT2D eigenvalue weighted by Gasteiger charge is -2.38. The average Bonchev–Trinajstić information content (AvgIpc) is 3.22. The van der Waals surface area contributed by atoms with Gasteiger partial charge in [0.15, 0.2) is 5.65 Å². The molecule has 6 nitrogen and oxygen atoms in total. The van der Waals surface area contributed by atoms with Gasteiger partial charge < -0.3 is 10.5 Å². The van der Waals surface area contributed by atoms with Crippen molar-refractivity contribution >= 4 is 11.6 Å². The Labute approximate surface area is 187 Å². The minimum Gasteiger partial charge on any atom is -0.469 e. The van der Waals surface area contributed by atoms with Gasteiger partial charge in [-0.05, 0) is 42.9 Å². The smallest absolute Gasteiger partial charge is 0.305 e. The van der Waals surface area contributed by atoms with E-state index >= 15 is 0 Å². The molecule has 6 heteroatoms. The van der Waals surface area contributed by atoms with Gasteiger partial charge in [-0.25, -0.2) is 9.50 Å². The highest BCUT2D eigenvalue weighted by atomic mass is 16.5. The summed E-state index contributed by atoms with van der Waals surface area (Å²) in [7, 11) is 1.41. The summed E-state index contributed by atoms with van der Waals surface area (Å²) in [6.45, 7) is 0. The van der Waals surface area contributed by atoms with E-state index in [0.717, 1.165) is 46.6 Å². The molecule has 2 aromatic carbocycles. The van der Waals surface area contributed by atoms with Gasteiger partial charge in [0, 0.05) is 29.3 Å². The van der Waals surface area contributed by atoms with Gasteiger partial charge in [-0.1, -0.05) is 54.6 Å². The zero-order valence-electron chi connectivity index (χ0n) is 18.1. The number of nitrogens with two attached hydrogens (primary N) is 1. The Morgan fingerprint density at radius 1 is 1.06 bits per heavy atom. The number of carbonyl (C=O) groups excluding carboxylic acids is 1. The number of aryl methyl sites for hydroxylation is 1. The molecule has 0 spiro atoms. The topological polar surface area (TPSA) is 82.5 Å². The third-order valence-corrected chi connectivity index (χ3v) is 6.45. The summed E-state index contributed by atoms with van der Waals surface area (Å²) >= 11 is 0. The molecule has 1 aliphatic carbocycles. The molecule has 162 valence electrons. The largest absolute Gasteiger partial charge is 0.469 e. The van der Waals surface area contributed by atoms with E-state index in [4.69, 9.17) is 15.5 Å². The highest BCUT2D eigenvalue weighted by molar-refractivity contribution is 5.82. The predicted molar refractivity (Wildman–Crippen MR) is 124 cm³/mol. The number of carbonyl (C=O) groups is 1. The van der Waals surface area contributed by atoms with Gasteiger partial charge in [0.2, 0.25) is 0 Å². The first-order valence-electron chi connectivity index (χ1n) is 11.0. The van der Waals surface area contributed by atoms with E-state index in [0.29, 0.717) is 12.8 Å². The number of esters is 1. The summed E-state index contributed by atoms with van der Waals surface area (Å²) in [5.41, 5.74) is 13.1. The van der Waals surface area contributed by atoms with Crippen LogP contribution in [0.1, 0.15) is 36.8 Å². The van der Waals surface area contributed by atoms with Gasteiger partial charge >= 0.3 is 5.97 Å². The van der Waals surface area contributed by atoms with Crippen LogP contribution in [0.4, 0.5) is 0 Å². The van der Waals surface area contributed by atoms with Crippen LogP contribution in [-0.4, -0.2) is 27.7 Å². The van der Waals surface area contributed by atoms with Crippen LogP contribution in [0.3, 0.4) is 0 Å². The summed E-state index contributed by atoms with van der Waals surface area (Å²) in [6, 6.07) is 20.5. The van der Waals surface area contributed by atoms with Crippen LogP contribution in [0.15, 0.2) is 66.9 Å². The maximum absolute atomic E-state index is 11.7. The van der Waals surface area contributed by atoms with Crippen molar-refractivity contribution in [2.75, 3.05) is 7.11 Å². The third kappa shape index (κ3) is 3.56. The molecule has 2 heterocycles. The molecule has 0 radical (unpaired) electrons. The van der Waals surface area contributed by atoms with Crippen molar-refractivity contribution in [2.45, 2.75) is 37.6 Å². The SMILES string of the molecule is COC(=O)CCc1ccnn2c(-c3ccccc3)c(-c3ccc(C4(N)CCC4)cc3)nc12. The first-order valence-corrected chi connectivity index (χ1v) is 11.0. The Morgan fingerprint density at radius 3 is 2.47 bits per heavy atom. The van der Waals surface area contributed by atoms with E-state index in [2.05, 4.69) is 41.5 Å². The fraction of sp³-hybridized carbons (Fsp3) is 0.269. The second kappa shape index (κ2) is 8.20. The molecule has 2 aromatic heterocycles. The number of aromatic nitrogens is 3. The van der Waals surface area contributed by atoms with Crippen molar-refractivity contribution in [2.24, 2.45) is 5.73 Å². The first kappa shape index (κ1) is 20.4. The molecule has 0 unspecified atom stereocenters. The Morgan fingerprint density at radius 2 is 1.81 bits per heavy atom. The number of methoxy groups -OCH3 is 1. The highest BCUT2D eigenvalue weighted by Crippen LogP contribution is 2.40. The molecule has 1 saturated carbocycles. The maximum atomic E-state index is 11.7. The second-order valence-electron chi connectivity index (χ2n) is 8.43. The number of benzene rings is 2. The number of hydrogen-bond donors (Lipinski definition) is 1. The number of hydrogen-bond acceptors (Lipinski definition) is 5. The molecule has 0 aliphatic heterocycles. The minimum absolute atomic E-state index is 0.192. The van der Waals surface area contributed by atoms with E-state index < -0.39 is 0 Å². The van der Waals surface area contributed by atoms with Crippen molar-refractivity contribution in [1.82, 2.24) is 14.6 Å². The molecule has 2 N–H and O–H groups in total. The molecule has 5 rings (SSSR count). The molecule has 1 fully saturated rings. The number of fused-ring (bicyclic) bond motifs is 1. The van der Waals surface area contributed by atoms with Crippen molar-refractivity contribution in [1.29, 1.82) is 0 Å². The lowest BCUT2D eigenvalue weighted by molar-refractivity contribution is -0.140. The molecule has 32 heavy (non-hydrogen) atoms. The fourth-order valence-corrected chi connectivity index (χ4v) is 4.39. The summed E-state index contributed by atoms with van der Waals surface area (Å²) in [4.78, 5) is 16.7. The van der Waals surface area contributed by atoms with Gasteiger partial charge in [0.1, 0.15) is 5.69 Å². The van der Waals surface area contributed by atoms with E-state index in [1.54, 1.807) is 6.20 Å². The van der Waals surface area contributed by atoms with E-state index in [9.17, 15) is 4.79 Å². The van der Waals surface area contributed by atoms with E-state index in [-0.39, 0.29) is 11.5 Å². The predicted octanol–water partition coefficient (Wildman–Crippen LogP) is 4.51. The van der Waals surface area contributed by atoms with Crippen LogP contribution in [0, 0.1) is 0 Å². The summed E-state index contributed by atoms with van der Waals surface area (Å²) < 4.78 is 6.69. The van der Waals surface area contributed by atoms with Gasteiger partial charge in [-0.2, -0.15) is 5.10 Å². The van der Waals surface area contributed by atoms with Gasteiger partial charge in [0.05, 0.1) is 12.8 Å². The van der Waals surface area contributed by atoms with Crippen LogP contribution in [-0.2, 0) is 21.5 Å². The van der Waals surface area contributed by atoms with Crippen LogP contribution in [0.2, 0.25) is 0 Å². The molecule has 0 atom stereocenters. The van der Waals surface area contributed by atoms with E-state index in [1.807, 2.05) is 28.8 Å². The average molecular weight is 427 g/mol. The molecular weight excluding hydrogens is 400 g/mol. The molecule has 0 saturated heterocycles. The van der Waals surface area contributed by atoms with Crippen molar-refractivity contribution in [3.63, 3.8) is 0 Å². The van der Waals surface area contributed by atoms with Gasteiger partial charge in [-0.15, -0.1) is 0 Å². The maximum Gasteiger partial charge on any atom is 0.305 e. The molecular formula is C26H26N4O2. The third-order valence-electron chi connectivity index (χ3n) is 6.45. The lowest BCUT2D eigenvalue weighted by atomic mass is 9.72. The monoisotopic (exact) mass is 426 g/mol. The molecule has 0 amide bonds. The van der Waals surface area contributed by atoms with Crippen molar-refractivity contribution in [3.05, 3.63) is 78.0 Å². The minimum atomic E-state index is -0.239. The Balaban J connectivity index is 1.63. The normalized spacial score (nSPS) is 14.8. The van der Waals surface area contributed by atoms with Crippen LogP contribution in [0.5, 0.6) is 0 Å². The number of nitrogens with zero attached hydrogens (tertiary/aromatic N) is 3. The second-order valence-corrected chi connectivity index (χ2v) is 8.43. The Bertz CT molecular complexity index is 1260. The summed E-state index contributed by atoms with van der Waals surface area (Å²) in [6.07, 6.45) is 5.84. The number of imidazole rings is 1. The number of rotatable bonds is 6. The molecule has 4 aromatic rings. The summed E-state index contributed by atoms with van der Waals surface area (Å²) in [5, 5.41) is 4.61. The fourth-order valence-electron chi connectivity index (χ4n) is 4.39. The lowest BCUT2D eigenvalue weighted by Crippen LogP contribution is -2.43. The van der Waals surface area contributed by atoms with Gasteiger partial charge in [0.25, 0.3) is 0 Å². The van der Waals surface area contributed by atoms with Crippen LogP contribution in [0.25, 0.3) is 28.2 Å². The number of ether oxygens (including phenoxy) is 1.